The van der Waals surface area contributed by atoms with Crippen LogP contribution in [0.2, 0.25) is 5.02 Å². The molecule has 0 spiro atoms. The van der Waals surface area contributed by atoms with Crippen molar-refractivity contribution >= 4 is 17.5 Å². The van der Waals surface area contributed by atoms with Gasteiger partial charge in [-0.05, 0) is 37.3 Å². The first-order valence-corrected chi connectivity index (χ1v) is 6.81. The van der Waals surface area contributed by atoms with Crippen LogP contribution in [0.25, 0.3) is 0 Å². The number of nitrogens with two attached hydrogens (primary N) is 1. The number of benzene rings is 1. The molecule has 1 fully saturated rings. The quantitative estimate of drug-likeness (QED) is 0.883. The molecule has 4 heteroatoms. The van der Waals surface area contributed by atoms with Crippen LogP contribution >= 0.6 is 11.6 Å². The summed E-state index contributed by atoms with van der Waals surface area (Å²) in [6.07, 6.45) is 3.69. The highest BCUT2D eigenvalue weighted by Crippen LogP contribution is 2.23. The smallest absolute Gasteiger partial charge is 0.223 e. The first-order chi connectivity index (χ1) is 8.66. The first-order valence-electron chi connectivity index (χ1n) is 6.43. The molecule has 3 N–H and O–H groups in total. The molecule has 0 atom stereocenters. The minimum Gasteiger partial charge on any atom is -0.352 e. The summed E-state index contributed by atoms with van der Waals surface area (Å²) in [7, 11) is 0. The molecule has 18 heavy (non-hydrogen) atoms. The molecule has 2 rings (SSSR count). The Labute approximate surface area is 113 Å². The number of nitrogens with one attached hydrogen (secondary N) is 1. The Kier molecular flexibility index (Phi) is 4.61. The Morgan fingerprint density at radius 2 is 1.94 bits per heavy atom. The van der Waals surface area contributed by atoms with Gasteiger partial charge in [0.25, 0.3) is 0 Å². The molecule has 1 aromatic carbocycles. The van der Waals surface area contributed by atoms with Crippen LogP contribution in [0.3, 0.4) is 0 Å². The lowest BCUT2D eigenvalue weighted by Crippen LogP contribution is -2.35. The van der Waals surface area contributed by atoms with E-state index in [9.17, 15) is 4.79 Å². The number of carbonyl (C=O) groups is 1. The fraction of sp³-hybridized carbons (Fsp3) is 0.500. The van der Waals surface area contributed by atoms with Gasteiger partial charge < -0.3 is 11.1 Å². The average molecular weight is 267 g/mol. The number of amides is 1. The zero-order chi connectivity index (χ0) is 13.0. The maximum atomic E-state index is 12.0. The van der Waals surface area contributed by atoms with E-state index in [-0.39, 0.29) is 17.9 Å². The largest absolute Gasteiger partial charge is 0.352 e. The monoisotopic (exact) mass is 266 g/mol. The number of hydrogen-bond acceptors (Lipinski definition) is 2. The summed E-state index contributed by atoms with van der Waals surface area (Å²) in [6, 6.07) is 7.85. The van der Waals surface area contributed by atoms with E-state index < -0.39 is 0 Å². The molecule has 0 bridgehead atoms. The number of hydrogen-bond donors (Lipinski definition) is 2. The molecule has 1 aromatic rings. The van der Waals surface area contributed by atoms with E-state index in [1.807, 2.05) is 24.3 Å². The highest BCUT2D eigenvalue weighted by Gasteiger charge is 2.24. The second kappa shape index (κ2) is 6.21. The highest BCUT2D eigenvalue weighted by molar-refractivity contribution is 6.31. The lowest BCUT2D eigenvalue weighted by atomic mass is 9.86. The van der Waals surface area contributed by atoms with Crippen LogP contribution in [-0.4, -0.2) is 11.9 Å². The summed E-state index contributed by atoms with van der Waals surface area (Å²) in [5.74, 6) is 0.245. The zero-order valence-electron chi connectivity index (χ0n) is 10.4. The maximum Gasteiger partial charge on any atom is 0.223 e. The standard InChI is InChI=1S/C14H19ClN2O/c15-13-4-2-1-3-11(13)9-17-14(18)10-5-7-12(16)8-6-10/h1-4,10,12H,5-9,16H2,(H,17,18). The van der Waals surface area contributed by atoms with E-state index in [0.717, 1.165) is 31.2 Å². The molecule has 3 nitrogen and oxygen atoms in total. The van der Waals surface area contributed by atoms with Crippen molar-refractivity contribution in [2.45, 2.75) is 38.3 Å². The summed E-state index contributed by atoms with van der Waals surface area (Å²) in [5, 5.41) is 3.66. The van der Waals surface area contributed by atoms with Crippen molar-refractivity contribution in [3.8, 4) is 0 Å². The van der Waals surface area contributed by atoms with Crippen LogP contribution in [0.1, 0.15) is 31.2 Å². The topological polar surface area (TPSA) is 55.1 Å². The molecule has 0 aromatic heterocycles. The van der Waals surface area contributed by atoms with Gasteiger partial charge >= 0.3 is 0 Å². The Morgan fingerprint density at radius 1 is 1.28 bits per heavy atom. The van der Waals surface area contributed by atoms with Gasteiger partial charge in [0.05, 0.1) is 0 Å². The fourth-order valence-corrected chi connectivity index (χ4v) is 2.55. The van der Waals surface area contributed by atoms with Gasteiger partial charge in [0.2, 0.25) is 5.91 Å². The van der Waals surface area contributed by atoms with Crippen molar-refractivity contribution in [1.82, 2.24) is 5.32 Å². The van der Waals surface area contributed by atoms with E-state index >= 15 is 0 Å². The summed E-state index contributed by atoms with van der Waals surface area (Å²) in [6.45, 7) is 0.501. The molecule has 98 valence electrons. The van der Waals surface area contributed by atoms with Crippen LogP contribution in [-0.2, 0) is 11.3 Å². The van der Waals surface area contributed by atoms with Gasteiger partial charge in [-0.3, -0.25) is 4.79 Å². The minimum absolute atomic E-state index is 0.118. The normalized spacial score (nSPS) is 23.7. The van der Waals surface area contributed by atoms with E-state index in [4.69, 9.17) is 17.3 Å². The third-order valence-corrected chi connectivity index (χ3v) is 3.92. The second-order valence-corrected chi connectivity index (χ2v) is 5.33. The van der Waals surface area contributed by atoms with Crippen LogP contribution in [0, 0.1) is 5.92 Å². The first kappa shape index (κ1) is 13.4. The zero-order valence-corrected chi connectivity index (χ0v) is 11.1. The van der Waals surface area contributed by atoms with E-state index in [1.54, 1.807) is 0 Å². The predicted molar refractivity (Wildman–Crippen MR) is 73.2 cm³/mol. The number of rotatable bonds is 3. The van der Waals surface area contributed by atoms with Gasteiger partial charge in [0.1, 0.15) is 0 Å². The van der Waals surface area contributed by atoms with Gasteiger partial charge in [0.15, 0.2) is 0 Å². The summed E-state index contributed by atoms with van der Waals surface area (Å²) >= 11 is 6.04. The lowest BCUT2D eigenvalue weighted by Gasteiger charge is -2.25. The van der Waals surface area contributed by atoms with Gasteiger partial charge in [-0.15, -0.1) is 0 Å². The van der Waals surface area contributed by atoms with Crippen molar-refractivity contribution < 1.29 is 4.79 Å². The molecule has 0 saturated heterocycles. The summed E-state index contributed by atoms with van der Waals surface area (Å²) in [4.78, 5) is 12.0. The Bertz CT molecular complexity index is 414. The molecule has 1 aliphatic carbocycles. The maximum absolute atomic E-state index is 12.0. The van der Waals surface area contributed by atoms with Crippen LogP contribution < -0.4 is 11.1 Å². The van der Waals surface area contributed by atoms with Gasteiger partial charge in [-0.1, -0.05) is 29.8 Å². The van der Waals surface area contributed by atoms with Crippen molar-refractivity contribution in [3.05, 3.63) is 34.9 Å². The van der Waals surface area contributed by atoms with E-state index in [2.05, 4.69) is 5.32 Å². The Hall–Kier alpha value is -1.06. The average Bonchev–Trinajstić information content (AvgIpc) is 2.38. The minimum atomic E-state index is 0.118. The number of halogens is 1. The van der Waals surface area contributed by atoms with Gasteiger partial charge in [-0.2, -0.15) is 0 Å². The molecule has 0 radical (unpaired) electrons. The van der Waals surface area contributed by atoms with E-state index in [0.29, 0.717) is 11.6 Å². The van der Waals surface area contributed by atoms with Crippen LogP contribution in [0.4, 0.5) is 0 Å². The van der Waals surface area contributed by atoms with Gasteiger partial charge in [-0.25, -0.2) is 0 Å². The molecular weight excluding hydrogens is 248 g/mol. The molecule has 0 aliphatic heterocycles. The van der Waals surface area contributed by atoms with Crippen LogP contribution in [0.15, 0.2) is 24.3 Å². The third-order valence-electron chi connectivity index (χ3n) is 3.55. The third kappa shape index (κ3) is 3.47. The van der Waals surface area contributed by atoms with Crippen molar-refractivity contribution in [2.75, 3.05) is 0 Å². The molecule has 1 saturated carbocycles. The molecule has 1 aliphatic rings. The second-order valence-electron chi connectivity index (χ2n) is 4.92. The fourth-order valence-electron chi connectivity index (χ4n) is 2.35. The predicted octanol–water partition coefficient (Wildman–Crippen LogP) is 2.47. The van der Waals surface area contributed by atoms with Crippen molar-refractivity contribution in [2.24, 2.45) is 11.7 Å². The van der Waals surface area contributed by atoms with Crippen molar-refractivity contribution in [1.29, 1.82) is 0 Å². The number of carbonyl (C=O) groups excluding carboxylic acids is 1. The molecular formula is C14H19ClN2O. The Balaban J connectivity index is 1.83. The van der Waals surface area contributed by atoms with Gasteiger partial charge in [0, 0.05) is 23.5 Å². The molecule has 0 heterocycles. The van der Waals surface area contributed by atoms with Crippen molar-refractivity contribution in [3.63, 3.8) is 0 Å². The SMILES string of the molecule is NC1CCC(C(=O)NCc2ccccc2Cl)CC1. The lowest BCUT2D eigenvalue weighted by molar-refractivity contribution is -0.126. The van der Waals surface area contributed by atoms with Crippen LogP contribution in [0.5, 0.6) is 0 Å². The van der Waals surface area contributed by atoms with E-state index in [1.165, 1.54) is 0 Å². The highest BCUT2D eigenvalue weighted by atomic mass is 35.5. The molecule has 1 amide bonds. The summed E-state index contributed by atoms with van der Waals surface area (Å²) < 4.78 is 0. The molecule has 0 unspecified atom stereocenters. The summed E-state index contributed by atoms with van der Waals surface area (Å²) in [5.41, 5.74) is 6.79. The Morgan fingerprint density at radius 3 is 2.61 bits per heavy atom.